The van der Waals surface area contributed by atoms with Gasteiger partial charge in [-0.25, -0.2) is 0 Å². The summed E-state index contributed by atoms with van der Waals surface area (Å²) in [6.07, 6.45) is 6.03. The maximum absolute atomic E-state index is 4.20. The molecule has 21 heavy (non-hydrogen) atoms. The topological polar surface area (TPSA) is 24.9 Å². The van der Waals surface area contributed by atoms with Gasteiger partial charge < -0.3 is 5.32 Å². The van der Waals surface area contributed by atoms with E-state index in [4.69, 9.17) is 0 Å². The molecule has 0 bridgehead atoms. The minimum Gasteiger partial charge on any atom is -0.378 e. The molecule has 0 fully saturated rings. The predicted octanol–water partition coefficient (Wildman–Crippen LogP) is 5.19. The largest absolute Gasteiger partial charge is 0.378 e. The molecule has 1 aromatic heterocycles. The first kappa shape index (κ1) is 13.6. The molecule has 0 aliphatic carbocycles. The molecule has 1 N–H and O–H groups in total. The van der Waals surface area contributed by atoms with Gasteiger partial charge in [-0.3, -0.25) is 4.98 Å². The highest BCUT2D eigenvalue weighted by molar-refractivity contribution is 5.93. The Kier molecular flexibility index (Phi) is 4.15. The smallest absolute Gasteiger partial charge is 0.0513 e. The van der Waals surface area contributed by atoms with Crippen LogP contribution in [0.1, 0.15) is 31.4 Å². The summed E-state index contributed by atoms with van der Waals surface area (Å²) in [5, 5.41) is 6.11. The van der Waals surface area contributed by atoms with Gasteiger partial charge in [-0.05, 0) is 24.1 Å². The van der Waals surface area contributed by atoms with Crippen molar-refractivity contribution >= 4 is 16.5 Å². The Labute approximate surface area is 125 Å². The first-order valence-electron chi connectivity index (χ1n) is 7.52. The molecule has 0 radical (unpaired) electrons. The molecule has 0 saturated carbocycles. The van der Waals surface area contributed by atoms with Crippen LogP contribution in [0, 0.1) is 0 Å². The van der Waals surface area contributed by atoms with Crippen molar-refractivity contribution in [1.82, 2.24) is 4.98 Å². The van der Waals surface area contributed by atoms with E-state index in [0.717, 1.165) is 12.8 Å². The second kappa shape index (κ2) is 6.40. The SMILES string of the molecule is CCCC(Nc1cccc2cnccc12)c1ccccc1. The molecule has 1 heterocycles. The molecule has 0 spiro atoms. The Morgan fingerprint density at radius 2 is 1.86 bits per heavy atom. The summed E-state index contributed by atoms with van der Waals surface area (Å²) in [5.74, 6) is 0. The summed E-state index contributed by atoms with van der Waals surface area (Å²) in [7, 11) is 0. The Bertz CT molecular complexity index is 702. The maximum Gasteiger partial charge on any atom is 0.0513 e. The number of nitrogens with zero attached hydrogens (tertiary/aromatic N) is 1. The summed E-state index contributed by atoms with van der Waals surface area (Å²) < 4.78 is 0. The van der Waals surface area contributed by atoms with E-state index in [2.05, 4.69) is 71.8 Å². The van der Waals surface area contributed by atoms with E-state index in [1.54, 1.807) is 0 Å². The number of anilines is 1. The normalized spacial score (nSPS) is 12.2. The molecule has 3 rings (SSSR count). The molecule has 2 aromatic carbocycles. The Morgan fingerprint density at radius 3 is 2.67 bits per heavy atom. The zero-order chi connectivity index (χ0) is 14.5. The highest BCUT2D eigenvalue weighted by Gasteiger charge is 2.11. The molecule has 1 unspecified atom stereocenters. The van der Waals surface area contributed by atoms with Crippen LogP contribution in [-0.2, 0) is 0 Å². The van der Waals surface area contributed by atoms with Gasteiger partial charge in [0.05, 0.1) is 6.04 Å². The number of benzene rings is 2. The molecule has 0 saturated heterocycles. The minimum atomic E-state index is 0.343. The van der Waals surface area contributed by atoms with E-state index >= 15 is 0 Å². The third-order valence-electron chi connectivity index (χ3n) is 3.79. The van der Waals surface area contributed by atoms with Gasteiger partial charge in [0, 0.05) is 28.9 Å². The lowest BCUT2D eigenvalue weighted by Gasteiger charge is -2.21. The second-order valence-corrected chi connectivity index (χ2v) is 5.30. The van der Waals surface area contributed by atoms with E-state index in [1.807, 2.05) is 12.4 Å². The van der Waals surface area contributed by atoms with Gasteiger partial charge in [0.15, 0.2) is 0 Å². The van der Waals surface area contributed by atoms with Gasteiger partial charge in [-0.15, -0.1) is 0 Å². The summed E-state index contributed by atoms with van der Waals surface area (Å²) in [5.41, 5.74) is 2.52. The van der Waals surface area contributed by atoms with Crippen LogP contribution in [0.5, 0.6) is 0 Å². The molecule has 0 aliphatic rings. The fraction of sp³-hybridized carbons (Fsp3) is 0.211. The van der Waals surface area contributed by atoms with Crippen LogP contribution in [-0.4, -0.2) is 4.98 Å². The number of hydrogen-bond acceptors (Lipinski definition) is 2. The molecular weight excluding hydrogens is 256 g/mol. The maximum atomic E-state index is 4.20. The first-order valence-corrected chi connectivity index (χ1v) is 7.52. The number of fused-ring (bicyclic) bond motifs is 1. The summed E-state index contributed by atoms with van der Waals surface area (Å²) >= 11 is 0. The van der Waals surface area contributed by atoms with Crippen molar-refractivity contribution < 1.29 is 0 Å². The Balaban J connectivity index is 1.95. The molecule has 0 aliphatic heterocycles. The second-order valence-electron chi connectivity index (χ2n) is 5.30. The Morgan fingerprint density at radius 1 is 1.00 bits per heavy atom. The molecule has 106 valence electrons. The van der Waals surface area contributed by atoms with E-state index in [1.165, 1.54) is 22.0 Å². The highest BCUT2D eigenvalue weighted by atomic mass is 14.9. The predicted molar refractivity (Wildman–Crippen MR) is 89.5 cm³/mol. The number of aromatic nitrogens is 1. The lowest BCUT2D eigenvalue weighted by molar-refractivity contribution is 0.678. The number of pyridine rings is 1. The fourth-order valence-corrected chi connectivity index (χ4v) is 2.73. The molecule has 2 nitrogen and oxygen atoms in total. The minimum absolute atomic E-state index is 0.343. The number of hydrogen-bond donors (Lipinski definition) is 1. The van der Waals surface area contributed by atoms with E-state index in [-0.39, 0.29) is 0 Å². The molecule has 1 atom stereocenters. The van der Waals surface area contributed by atoms with Crippen LogP contribution >= 0.6 is 0 Å². The van der Waals surface area contributed by atoms with Gasteiger partial charge in [-0.2, -0.15) is 0 Å². The number of nitrogens with one attached hydrogen (secondary N) is 1. The quantitative estimate of drug-likeness (QED) is 0.693. The zero-order valence-electron chi connectivity index (χ0n) is 12.3. The fourth-order valence-electron chi connectivity index (χ4n) is 2.73. The Hall–Kier alpha value is -2.35. The van der Waals surface area contributed by atoms with Crippen LogP contribution in [0.3, 0.4) is 0 Å². The van der Waals surface area contributed by atoms with Gasteiger partial charge in [-0.1, -0.05) is 55.8 Å². The third kappa shape index (κ3) is 3.05. The summed E-state index contributed by atoms with van der Waals surface area (Å²) in [6.45, 7) is 2.23. The van der Waals surface area contributed by atoms with Crippen LogP contribution in [0.15, 0.2) is 67.0 Å². The van der Waals surface area contributed by atoms with Crippen molar-refractivity contribution in [2.24, 2.45) is 0 Å². The standard InChI is InChI=1S/C19H20N2/c1-2-7-18(15-8-4-3-5-9-15)21-19-11-6-10-16-14-20-13-12-17(16)19/h3-6,8-14,18,21H,2,7H2,1H3. The third-order valence-corrected chi connectivity index (χ3v) is 3.79. The highest BCUT2D eigenvalue weighted by Crippen LogP contribution is 2.28. The number of rotatable bonds is 5. The van der Waals surface area contributed by atoms with Crippen LogP contribution in [0.2, 0.25) is 0 Å². The average molecular weight is 276 g/mol. The van der Waals surface area contributed by atoms with Gasteiger partial charge >= 0.3 is 0 Å². The van der Waals surface area contributed by atoms with E-state index < -0.39 is 0 Å². The van der Waals surface area contributed by atoms with E-state index in [9.17, 15) is 0 Å². The van der Waals surface area contributed by atoms with E-state index in [0.29, 0.717) is 6.04 Å². The summed E-state index contributed by atoms with van der Waals surface area (Å²) in [6, 6.07) is 19.4. The van der Waals surface area contributed by atoms with Crippen molar-refractivity contribution in [3.8, 4) is 0 Å². The molecule has 2 heteroatoms. The van der Waals surface area contributed by atoms with Crippen LogP contribution in [0.4, 0.5) is 5.69 Å². The van der Waals surface area contributed by atoms with Crippen LogP contribution in [0.25, 0.3) is 10.8 Å². The van der Waals surface area contributed by atoms with Crippen molar-refractivity contribution in [3.05, 3.63) is 72.6 Å². The molecular formula is C19H20N2. The van der Waals surface area contributed by atoms with Gasteiger partial charge in [0.25, 0.3) is 0 Å². The van der Waals surface area contributed by atoms with Gasteiger partial charge in [0.2, 0.25) is 0 Å². The van der Waals surface area contributed by atoms with Gasteiger partial charge in [0.1, 0.15) is 0 Å². The average Bonchev–Trinajstić information content (AvgIpc) is 2.55. The summed E-state index contributed by atoms with van der Waals surface area (Å²) in [4.78, 5) is 4.20. The monoisotopic (exact) mass is 276 g/mol. The van der Waals surface area contributed by atoms with Crippen LogP contribution < -0.4 is 5.32 Å². The zero-order valence-corrected chi connectivity index (χ0v) is 12.3. The van der Waals surface area contributed by atoms with Crippen molar-refractivity contribution in [2.45, 2.75) is 25.8 Å². The lowest BCUT2D eigenvalue weighted by Crippen LogP contribution is -2.10. The van der Waals surface area contributed by atoms with Crippen molar-refractivity contribution in [2.75, 3.05) is 5.32 Å². The molecule has 0 amide bonds. The molecule has 3 aromatic rings. The first-order chi connectivity index (χ1) is 10.4. The van der Waals surface area contributed by atoms with Crippen molar-refractivity contribution in [3.63, 3.8) is 0 Å². The van der Waals surface area contributed by atoms with Crippen molar-refractivity contribution in [1.29, 1.82) is 0 Å². The lowest BCUT2D eigenvalue weighted by atomic mass is 10.0.